The molecule has 4 rings (SSSR count). The Hall–Kier alpha value is -3.54. The van der Waals surface area contributed by atoms with Crippen LogP contribution < -0.4 is 15.0 Å². The summed E-state index contributed by atoms with van der Waals surface area (Å²) in [5.41, 5.74) is 4.03. The van der Waals surface area contributed by atoms with Crippen molar-refractivity contribution in [3.63, 3.8) is 0 Å². The molecule has 0 spiro atoms. The number of benzene rings is 3. The first-order valence-electron chi connectivity index (χ1n) is 11.2. The monoisotopic (exact) mass is 561 g/mol. The van der Waals surface area contributed by atoms with Crippen LogP contribution in [-0.4, -0.2) is 24.2 Å². The third-order valence-corrected chi connectivity index (χ3v) is 7.74. The number of amides is 2. The van der Waals surface area contributed by atoms with Crippen molar-refractivity contribution < 1.29 is 14.3 Å². The Balaban J connectivity index is 1.75. The zero-order valence-electron chi connectivity index (χ0n) is 20.0. The number of nitrogens with one attached hydrogen (secondary N) is 1. The zero-order chi connectivity index (χ0) is 25.8. The number of aryl methyl sites for hydroxylation is 2. The van der Waals surface area contributed by atoms with Crippen molar-refractivity contribution in [3.05, 3.63) is 98.5 Å². The largest absolute Gasteiger partial charge is 0.495 e. The van der Waals surface area contributed by atoms with Crippen LogP contribution >= 0.6 is 27.7 Å². The van der Waals surface area contributed by atoms with Crippen LogP contribution in [0.4, 0.5) is 11.4 Å². The number of nitriles is 1. The van der Waals surface area contributed by atoms with Gasteiger partial charge in [-0.2, -0.15) is 5.26 Å². The van der Waals surface area contributed by atoms with Gasteiger partial charge in [0.05, 0.1) is 18.0 Å². The molecule has 1 aliphatic heterocycles. The normalized spacial score (nSPS) is 16.5. The highest BCUT2D eigenvalue weighted by Gasteiger charge is 2.41. The molecule has 0 bridgehead atoms. The van der Waals surface area contributed by atoms with Crippen molar-refractivity contribution >= 4 is 50.9 Å². The zero-order valence-corrected chi connectivity index (χ0v) is 22.4. The van der Waals surface area contributed by atoms with Crippen LogP contribution in [0.2, 0.25) is 0 Å². The quantitative estimate of drug-likeness (QED) is 0.288. The van der Waals surface area contributed by atoms with E-state index in [2.05, 4.69) is 21.2 Å². The van der Waals surface area contributed by atoms with Gasteiger partial charge in [0.25, 0.3) is 5.91 Å². The van der Waals surface area contributed by atoms with Crippen molar-refractivity contribution in [2.75, 3.05) is 17.3 Å². The number of carbonyl (C=O) groups is 2. The molecule has 0 aliphatic carbocycles. The minimum atomic E-state index is -0.601. The summed E-state index contributed by atoms with van der Waals surface area (Å²) in [7, 11) is 1.51. The molecule has 1 N–H and O–H groups in total. The van der Waals surface area contributed by atoms with Gasteiger partial charge in [0, 0.05) is 10.2 Å². The number of anilines is 2. The van der Waals surface area contributed by atoms with Crippen molar-refractivity contribution in [2.45, 2.75) is 25.5 Å². The average Bonchev–Trinajstić information content (AvgIpc) is 3.18. The fourth-order valence-electron chi connectivity index (χ4n) is 3.85. The molecule has 1 atom stereocenters. The first-order valence-corrected chi connectivity index (χ1v) is 12.9. The summed E-state index contributed by atoms with van der Waals surface area (Å²) < 4.78 is 6.27. The van der Waals surface area contributed by atoms with Crippen molar-refractivity contribution in [1.29, 1.82) is 5.26 Å². The van der Waals surface area contributed by atoms with Crippen LogP contribution in [0, 0.1) is 25.2 Å². The molecular formula is C28H24BrN3O3S. The fraction of sp³-hybridized carbons (Fsp3) is 0.179. The number of thioether (sulfide) groups is 1. The molecule has 1 fully saturated rings. The molecule has 3 aromatic rings. The van der Waals surface area contributed by atoms with E-state index in [0.29, 0.717) is 28.6 Å². The molecule has 36 heavy (non-hydrogen) atoms. The van der Waals surface area contributed by atoms with Crippen LogP contribution in [-0.2, 0) is 16.0 Å². The molecule has 1 heterocycles. The van der Waals surface area contributed by atoms with Crippen LogP contribution in [0.3, 0.4) is 0 Å². The predicted molar refractivity (Wildman–Crippen MR) is 147 cm³/mol. The van der Waals surface area contributed by atoms with Gasteiger partial charge in [-0.1, -0.05) is 58.0 Å². The average molecular weight is 562 g/mol. The van der Waals surface area contributed by atoms with E-state index in [1.807, 2.05) is 62.4 Å². The number of para-hydroxylation sites is 2. The topological polar surface area (TPSA) is 82.4 Å². The van der Waals surface area contributed by atoms with Gasteiger partial charge in [0.2, 0.25) is 5.91 Å². The van der Waals surface area contributed by atoms with E-state index in [1.54, 1.807) is 24.3 Å². The first-order chi connectivity index (χ1) is 17.3. The van der Waals surface area contributed by atoms with Gasteiger partial charge in [-0.05, 0) is 73.4 Å². The molecule has 0 radical (unpaired) electrons. The molecule has 1 unspecified atom stereocenters. The number of ether oxygens (including phenoxy) is 1. The molecular weight excluding hydrogens is 538 g/mol. The number of nitrogens with zero attached hydrogens (tertiary/aromatic N) is 2. The molecule has 0 saturated carbocycles. The second kappa shape index (κ2) is 11.0. The minimum absolute atomic E-state index is 0.129. The SMILES string of the molecule is COc1ccccc1NC(=O)/C(C#N)=C1\SC(Cc2ccc(Br)cc2)C(=O)N1c1ccc(C)c(C)c1. The smallest absolute Gasteiger partial charge is 0.269 e. The molecule has 0 aromatic heterocycles. The molecule has 2 amide bonds. The number of rotatable bonds is 6. The fourth-order valence-corrected chi connectivity index (χ4v) is 5.43. The van der Waals surface area contributed by atoms with Crippen molar-refractivity contribution in [1.82, 2.24) is 0 Å². The van der Waals surface area contributed by atoms with Gasteiger partial charge < -0.3 is 10.1 Å². The number of carbonyl (C=O) groups excluding carboxylic acids is 2. The minimum Gasteiger partial charge on any atom is -0.495 e. The van der Waals surface area contributed by atoms with E-state index in [1.165, 1.54) is 23.8 Å². The highest BCUT2D eigenvalue weighted by molar-refractivity contribution is 9.10. The highest BCUT2D eigenvalue weighted by Crippen LogP contribution is 2.42. The maximum Gasteiger partial charge on any atom is 0.269 e. The number of hydrogen-bond donors (Lipinski definition) is 1. The van der Waals surface area contributed by atoms with Crippen LogP contribution in [0.25, 0.3) is 0 Å². The van der Waals surface area contributed by atoms with E-state index in [4.69, 9.17) is 4.74 Å². The maximum absolute atomic E-state index is 13.7. The van der Waals surface area contributed by atoms with Gasteiger partial charge in [0.1, 0.15) is 22.4 Å². The Morgan fingerprint density at radius 2 is 1.83 bits per heavy atom. The van der Waals surface area contributed by atoms with Crippen LogP contribution in [0.1, 0.15) is 16.7 Å². The van der Waals surface area contributed by atoms with Crippen LogP contribution in [0.5, 0.6) is 5.75 Å². The molecule has 8 heteroatoms. The maximum atomic E-state index is 13.7. The Morgan fingerprint density at radius 3 is 2.50 bits per heavy atom. The molecule has 6 nitrogen and oxygen atoms in total. The van der Waals surface area contributed by atoms with E-state index in [-0.39, 0.29) is 11.5 Å². The third-order valence-electron chi connectivity index (χ3n) is 5.94. The second-order valence-electron chi connectivity index (χ2n) is 8.33. The highest BCUT2D eigenvalue weighted by atomic mass is 79.9. The molecule has 182 valence electrons. The lowest BCUT2D eigenvalue weighted by atomic mass is 10.1. The van der Waals surface area contributed by atoms with E-state index < -0.39 is 11.2 Å². The second-order valence-corrected chi connectivity index (χ2v) is 10.4. The molecule has 1 aliphatic rings. The Kier molecular flexibility index (Phi) is 7.82. The summed E-state index contributed by atoms with van der Waals surface area (Å²) in [6.45, 7) is 3.96. The van der Waals surface area contributed by atoms with E-state index >= 15 is 0 Å². The lowest BCUT2D eigenvalue weighted by Gasteiger charge is -2.20. The van der Waals surface area contributed by atoms with Gasteiger partial charge in [0.15, 0.2) is 0 Å². The van der Waals surface area contributed by atoms with Gasteiger partial charge in [-0.3, -0.25) is 14.5 Å². The summed E-state index contributed by atoms with van der Waals surface area (Å²) in [6, 6.07) is 22.5. The van der Waals surface area contributed by atoms with Crippen LogP contribution in [0.15, 0.2) is 81.8 Å². The van der Waals surface area contributed by atoms with Gasteiger partial charge in [-0.15, -0.1) is 0 Å². The van der Waals surface area contributed by atoms with Crippen molar-refractivity contribution in [2.24, 2.45) is 0 Å². The first kappa shape index (κ1) is 25.5. The molecule has 1 saturated heterocycles. The van der Waals surface area contributed by atoms with Gasteiger partial charge in [-0.25, -0.2) is 0 Å². The molecule has 3 aromatic carbocycles. The third kappa shape index (κ3) is 5.32. The Bertz CT molecular complexity index is 1400. The van der Waals surface area contributed by atoms with E-state index in [9.17, 15) is 14.9 Å². The predicted octanol–water partition coefficient (Wildman–Crippen LogP) is 6.14. The number of methoxy groups -OCH3 is 1. The Morgan fingerprint density at radius 1 is 1.11 bits per heavy atom. The lowest BCUT2D eigenvalue weighted by Crippen LogP contribution is -2.31. The standard InChI is InChI=1S/C28H24BrN3O3S/c1-17-8-13-21(14-18(17)2)32-27(34)25(15-19-9-11-20(29)12-10-19)36-28(32)22(16-30)26(33)31-23-6-4-5-7-24(23)35-3/h4-14,25H,15H2,1-3H3,(H,31,33)/b28-22-. The summed E-state index contributed by atoms with van der Waals surface area (Å²) >= 11 is 4.68. The van der Waals surface area contributed by atoms with Gasteiger partial charge >= 0.3 is 0 Å². The Labute approximate surface area is 223 Å². The number of halogens is 1. The van der Waals surface area contributed by atoms with E-state index in [0.717, 1.165) is 21.2 Å². The summed E-state index contributed by atoms with van der Waals surface area (Å²) in [6.07, 6.45) is 0.467. The number of hydrogen-bond acceptors (Lipinski definition) is 5. The summed E-state index contributed by atoms with van der Waals surface area (Å²) in [5, 5.41) is 12.7. The summed E-state index contributed by atoms with van der Waals surface area (Å²) in [4.78, 5) is 28.5. The lowest BCUT2D eigenvalue weighted by molar-refractivity contribution is -0.117. The van der Waals surface area contributed by atoms with Crippen molar-refractivity contribution in [3.8, 4) is 11.8 Å². The summed E-state index contributed by atoms with van der Waals surface area (Å²) in [5.74, 6) is -0.295.